The first-order chi connectivity index (χ1) is 16.0. The second-order valence-electron chi connectivity index (χ2n) is 7.19. The predicted molar refractivity (Wildman–Crippen MR) is 127 cm³/mol. The Morgan fingerprint density at radius 2 is 1.79 bits per heavy atom. The van der Waals surface area contributed by atoms with E-state index in [1.807, 2.05) is 12.1 Å². The molecule has 0 spiro atoms. The predicted octanol–water partition coefficient (Wildman–Crippen LogP) is 3.83. The Morgan fingerprint density at radius 1 is 1.03 bits per heavy atom. The number of fused-ring (bicyclic) bond motifs is 1. The summed E-state index contributed by atoms with van der Waals surface area (Å²) in [5, 5.41) is 18.7. The Kier molecular flexibility index (Phi) is 7.21. The van der Waals surface area contributed by atoms with E-state index >= 15 is 0 Å². The third-order valence-electron chi connectivity index (χ3n) is 4.88. The monoisotopic (exact) mass is 486 g/mol. The standard InChI is InChI=1S/C22H20Cl2N6O3/c23-15-7-3-8-16(24)19(15)21-27-18(33-30-21)10-9-17(31)25-11-4-12-26-20-13-5-1-2-6-14(13)22(32)29-28-20/h1-3,5-8H,4,9-12H2,(H,25,31)(H,26,28)(H,29,32). The molecule has 4 aromatic rings. The molecule has 4 rings (SSSR count). The van der Waals surface area contributed by atoms with Crippen LogP contribution < -0.4 is 16.2 Å². The normalized spacial score (nSPS) is 11.0. The maximum atomic E-state index is 12.1. The largest absolute Gasteiger partial charge is 0.368 e. The van der Waals surface area contributed by atoms with Crippen LogP contribution in [0.5, 0.6) is 0 Å². The molecule has 0 saturated heterocycles. The van der Waals surface area contributed by atoms with Gasteiger partial charge in [-0.15, -0.1) is 0 Å². The minimum absolute atomic E-state index is 0.127. The van der Waals surface area contributed by atoms with Crippen LogP contribution in [0.15, 0.2) is 51.8 Å². The summed E-state index contributed by atoms with van der Waals surface area (Å²) in [4.78, 5) is 28.2. The fourth-order valence-corrected chi connectivity index (χ4v) is 3.82. The quantitative estimate of drug-likeness (QED) is 0.307. The zero-order chi connectivity index (χ0) is 23.2. The van der Waals surface area contributed by atoms with Crippen molar-refractivity contribution in [1.82, 2.24) is 25.7 Å². The number of aromatic nitrogens is 4. The summed E-state index contributed by atoms with van der Waals surface area (Å²) in [7, 11) is 0. The molecule has 1 amide bonds. The van der Waals surface area contributed by atoms with Gasteiger partial charge in [-0.05, 0) is 24.6 Å². The summed E-state index contributed by atoms with van der Waals surface area (Å²) in [5.41, 5.74) is 0.268. The molecule has 170 valence electrons. The van der Waals surface area contributed by atoms with Crippen LogP contribution in [0.25, 0.3) is 22.2 Å². The van der Waals surface area contributed by atoms with Crippen molar-refractivity contribution < 1.29 is 9.32 Å². The lowest BCUT2D eigenvalue weighted by Gasteiger charge is -2.08. The smallest absolute Gasteiger partial charge is 0.272 e. The van der Waals surface area contributed by atoms with Crippen LogP contribution in [-0.2, 0) is 11.2 Å². The molecule has 11 heteroatoms. The Balaban J connectivity index is 1.21. The summed E-state index contributed by atoms with van der Waals surface area (Å²) in [6.07, 6.45) is 1.18. The molecule has 2 aromatic heterocycles. The number of hydrogen-bond donors (Lipinski definition) is 3. The highest BCUT2D eigenvalue weighted by Crippen LogP contribution is 2.32. The zero-order valence-corrected chi connectivity index (χ0v) is 18.9. The van der Waals surface area contributed by atoms with Gasteiger partial charge in [0.1, 0.15) is 0 Å². The Morgan fingerprint density at radius 3 is 2.58 bits per heavy atom. The van der Waals surface area contributed by atoms with Crippen LogP contribution in [0.3, 0.4) is 0 Å². The van der Waals surface area contributed by atoms with E-state index in [0.717, 1.165) is 5.39 Å². The third kappa shape index (κ3) is 5.50. The molecule has 2 aromatic carbocycles. The number of nitrogens with one attached hydrogen (secondary N) is 3. The van der Waals surface area contributed by atoms with Crippen LogP contribution in [0, 0.1) is 0 Å². The number of rotatable bonds is 9. The highest BCUT2D eigenvalue weighted by atomic mass is 35.5. The number of aromatic amines is 1. The minimum atomic E-state index is -0.230. The molecule has 0 unspecified atom stereocenters. The fourth-order valence-electron chi connectivity index (χ4n) is 3.25. The molecule has 0 radical (unpaired) electrons. The molecule has 0 aliphatic rings. The van der Waals surface area contributed by atoms with Gasteiger partial charge in [0.25, 0.3) is 5.56 Å². The fraction of sp³-hybridized carbons (Fsp3) is 0.227. The minimum Gasteiger partial charge on any atom is -0.368 e. The van der Waals surface area contributed by atoms with Crippen molar-refractivity contribution in [2.75, 3.05) is 18.4 Å². The molecule has 0 aliphatic heterocycles. The molecule has 2 heterocycles. The van der Waals surface area contributed by atoms with E-state index in [0.29, 0.717) is 58.6 Å². The van der Waals surface area contributed by atoms with Gasteiger partial charge in [0.05, 0.1) is 21.0 Å². The van der Waals surface area contributed by atoms with E-state index in [9.17, 15) is 9.59 Å². The number of carbonyl (C=O) groups excluding carboxylic acids is 1. The van der Waals surface area contributed by atoms with E-state index in [1.165, 1.54) is 0 Å². The van der Waals surface area contributed by atoms with Crippen LogP contribution in [0.4, 0.5) is 5.82 Å². The van der Waals surface area contributed by atoms with Gasteiger partial charge < -0.3 is 15.2 Å². The van der Waals surface area contributed by atoms with Gasteiger partial charge in [0, 0.05) is 31.3 Å². The van der Waals surface area contributed by atoms with Gasteiger partial charge in [-0.2, -0.15) is 10.1 Å². The summed E-state index contributed by atoms with van der Waals surface area (Å²) in [6.45, 7) is 1.06. The van der Waals surface area contributed by atoms with Gasteiger partial charge in [0.2, 0.25) is 17.6 Å². The van der Waals surface area contributed by atoms with Gasteiger partial charge in [-0.3, -0.25) is 9.59 Å². The number of hydrogen-bond acceptors (Lipinski definition) is 7. The maximum absolute atomic E-state index is 12.1. The molecule has 0 aliphatic carbocycles. The number of H-pyrrole nitrogens is 1. The molecule has 0 bridgehead atoms. The van der Waals surface area contributed by atoms with Crippen LogP contribution >= 0.6 is 23.2 Å². The van der Waals surface area contributed by atoms with Crippen molar-refractivity contribution in [2.24, 2.45) is 0 Å². The van der Waals surface area contributed by atoms with E-state index in [-0.39, 0.29) is 23.7 Å². The summed E-state index contributed by atoms with van der Waals surface area (Å²) in [6, 6.07) is 12.4. The SMILES string of the molecule is O=C(CCc1nc(-c2c(Cl)cccc2Cl)no1)NCCCNc1n[nH]c(=O)c2ccccc12. The zero-order valence-electron chi connectivity index (χ0n) is 17.4. The number of aryl methyl sites for hydroxylation is 1. The highest BCUT2D eigenvalue weighted by molar-refractivity contribution is 6.38. The number of carbonyl (C=O) groups is 1. The molecule has 0 atom stereocenters. The van der Waals surface area contributed by atoms with Crippen LogP contribution in [0.1, 0.15) is 18.7 Å². The first kappa shape index (κ1) is 22.8. The number of amides is 1. The lowest BCUT2D eigenvalue weighted by Crippen LogP contribution is -2.26. The summed E-state index contributed by atoms with van der Waals surface area (Å²) < 4.78 is 5.21. The summed E-state index contributed by atoms with van der Waals surface area (Å²) in [5.74, 6) is 1.09. The van der Waals surface area contributed by atoms with Crippen molar-refractivity contribution in [3.63, 3.8) is 0 Å². The average molecular weight is 487 g/mol. The maximum Gasteiger partial charge on any atom is 0.272 e. The van der Waals surface area contributed by atoms with E-state index in [1.54, 1.807) is 30.3 Å². The molecule has 3 N–H and O–H groups in total. The second kappa shape index (κ2) is 10.5. The van der Waals surface area contributed by atoms with E-state index in [2.05, 4.69) is 31.0 Å². The van der Waals surface area contributed by atoms with Crippen LogP contribution in [0.2, 0.25) is 10.0 Å². The average Bonchev–Trinajstić information content (AvgIpc) is 3.27. The molecular formula is C22H20Cl2N6O3. The van der Waals surface area contributed by atoms with E-state index in [4.69, 9.17) is 27.7 Å². The lowest BCUT2D eigenvalue weighted by molar-refractivity contribution is -0.121. The molecule has 0 saturated carbocycles. The molecule has 9 nitrogen and oxygen atoms in total. The number of anilines is 1. The van der Waals surface area contributed by atoms with Crippen molar-refractivity contribution in [3.05, 3.63) is 68.8 Å². The van der Waals surface area contributed by atoms with E-state index < -0.39 is 0 Å². The van der Waals surface area contributed by atoms with Crippen molar-refractivity contribution in [1.29, 1.82) is 0 Å². The summed E-state index contributed by atoms with van der Waals surface area (Å²) >= 11 is 12.3. The van der Waals surface area contributed by atoms with Gasteiger partial charge >= 0.3 is 0 Å². The van der Waals surface area contributed by atoms with Gasteiger partial charge in [-0.25, -0.2) is 5.10 Å². The van der Waals surface area contributed by atoms with Crippen molar-refractivity contribution in [3.8, 4) is 11.4 Å². The number of nitrogens with zero attached hydrogens (tertiary/aromatic N) is 3. The van der Waals surface area contributed by atoms with Crippen molar-refractivity contribution in [2.45, 2.75) is 19.3 Å². The Hall–Kier alpha value is -3.43. The van der Waals surface area contributed by atoms with Gasteiger partial charge in [-0.1, -0.05) is 52.6 Å². The number of halogens is 2. The highest BCUT2D eigenvalue weighted by Gasteiger charge is 2.16. The first-order valence-electron chi connectivity index (χ1n) is 10.3. The van der Waals surface area contributed by atoms with Gasteiger partial charge in [0.15, 0.2) is 5.82 Å². The second-order valence-corrected chi connectivity index (χ2v) is 8.00. The topological polar surface area (TPSA) is 126 Å². The molecule has 33 heavy (non-hydrogen) atoms. The van der Waals surface area contributed by atoms with Crippen molar-refractivity contribution >= 4 is 45.7 Å². The number of benzene rings is 2. The Bertz CT molecular complexity index is 1320. The lowest BCUT2D eigenvalue weighted by atomic mass is 10.2. The molecule has 0 fully saturated rings. The third-order valence-corrected chi connectivity index (χ3v) is 5.51. The first-order valence-corrected chi connectivity index (χ1v) is 11.0. The van der Waals surface area contributed by atoms with Crippen LogP contribution in [-0.4, -0.2) is 39.3 Å². The molecular weight excluding hydrogens is 467 g/mol. The Labute approximate surface area is 198 Å².